The minimum Gasteiger partial charge on any atom is -0.462 e. The van der Waals surface area contributed by atoms with Crippen molar-refractivity contribution in [3.63, 3.8) is 0 Å². The minimum absolute atomic E-state index is 0.0636. The van der Waals surface area contributed by atoms with Crippen LogP contribution >= 0.6 is 0 Å². The molecule has 1 amide bonds. The number of unbranched alkanes of at least 4 members (excludes halogenated alkanes) is 35. The van der Waals surface area contributed by atoms with Crippen LogP contribution in [-0.4, -0.2) is 46.9 Å². The third-order valence-corrected chi connectivity index (χ3v) is 12.6. The van der Waals surface area contributed by atoms with Crippen molar-refractivity contribution in [2.45, 2.75) is 315 Å². The molecule has 0 aromatic heterocycles. The average molecular weight is 848 g/mol. The Morgan fingerprint density at radius 2 is 0.817 bits per heavy atom. The van der Waals surface area contributed by atoms with E-state index < -0.39 is 18.2 Å². The summed E-state index contributed by atoms with van der Waals surface area (Å²) in [4.78, 5) is 26.1. The van der Waals surface area contributed by atoms with E-state index in [1.807, 2.05) is 0 Å². The summed E-state index contributed by atoms with van der Waals surface area (Å²) in [5.74, 6) is -0.485. The molecule has 0 bridgehead atoms. The van der Waals surface area contributed by atoms with Crippen LogP contribution in [0.25, 0.3) is 0 Å². The molecule has 0 aliphatic rings. The monoisotopic (exact) mass is 848 g/mol. The number of hydrogen-bond acceptors (Lipinski definition) is 5. The highest BCUT2D eigenvalue weighted by atomic mass is 16.5. The van der Waals surface area contributed by atoms with Gasteiger partial charge in [0.05, 0.1) is 25.2 Å². The molecule has 0 radical (unpaired) electrons. The van der Waals surface area contributed by atoms with Gasteiger partial charge in [-0.05, 0) is 44.9 Å². The molecule has 0 aromatic rings. The Hall–Kier alpha value is -1.40. The fraction of sp³-hybridized carbons (Fsp3) is 0.926. The van der Waals surface area contributed by atoms with Crippen LogP contribution in [0.2, 0.25) is 0 Å². The van der Waals surface area contributed by atoms with Crippen LogP contribution in [-0.2, 0) is 14.3 Å². The third kappa shape index (κ3) is 43.3. The van der Waals surface area contributed by atoms with Crippen molar-refractivity contribution in [1.29, 1.82) is 0 Å². The smallest absolute Gasteiger partial charge is 0.306 e. The SMILES string of the molecule is CCCCCCCCC/C=C\CCCC(CC(=O)NC(CO)C(O)CCCCCCCCCCCC)OC(=O)CCCCCCCCCCCCCCCCCCCCC. The Labute approximate surface area is 374 Å². The highest BCUT2D eigenvalue weighted by Gasteiger charge is 2.24. The lowest BCUT2D eigenvalue weighted by Crippen LogP contribution is -2.46. The lowest BCUT2D eigenvalue weighted by molar-refractivity contribution is -0.151. The number of amides is 1. The van der Waals surface area contributed by atoms with E-state index in [1.54, 1.807) is 0 Å². The Morgan fingerprint density at radius 3 is 1.22 bits per heavy atom. The molecule has 0 fully saturated rings. The lowest BCUT2D eigenvalue weighted by Gasteiger charge is -2.24. The van der Waals surface area contributed by atoms with Gasteiger partial charge < -0.3 is 20.3 Å². The first-order valence-corrected chi connectivity index (χ1v) is 26.9. The largest absolute Gasteiger partial charge is 0.462 e. The van der Waals surface area contributed by atoms with Crippen molar-refractivity contribution >= 4 is 11.9 Å². The molecule has 0 rings (SSSR count). The van der Waals surface area contributed by atoms with E-state index in [9.17, 15) is 19.8 Å². The molecule has 6 nitrogen and oxygen atoms in total. The standard InChI is InChI=1S/C54H105NO5/c1-4-7-10-13-16-19-22-24-25-26-27-28-29-30-32-35-38-41-44-47-54(59)60-50(45-42-39-36-33-31-23-20-17-14-11-8-5-2)48-53(58)55-51(49-56)52(57)46-43-40-37-34-21-18-15-12-9-6-3/h33,36,50-52,56-57H,4-32,34-35,37-49H2,1-3H3,(H,55,58)/b36-33-. The minimum atomic E-state index is -0.787. The molecule has 356 valence electrons. The van der Waals surface area contributed by atoms with Crippen molar-refractivity contribution in [3.8, 4) is 0 Å². The number of hydrogen-bond donors (Lipinski definition) is 3. The summed E-state index contributed by atoms with van der Waals surface area (Å²) in [6.45, 7) is 6.49. The molecule has 3 N–H and O–H groups in total. The van der Waals surface area contributed by atoms with Gasteiger partial charge in [-0.15, -0.1) is 0 Å². The Morgan fingerprint density at radius 1 is 0.467 bits per heavy atom. The van der Waals surface area contributed by atoms with E-state index in [0.29, 0.717) is 19.3 Å². The first-order chi connectivity index (χ1) is 29.5. The molecular weight excluding hydrogens is 743 g/mol. The van der Waals surface area contributed by atoms with E-state index >= 15 is 0 Å². The zero-order valence-corrected chi connectivity index (χ0v) is 40.6. The molecule has 0 spiro atoms. The zero-order valence-electron chi connectivity index (χ0n) is 40.6. The predicted octanol–water partition coefficient (Wildman–Crippen LogP) is 16.1. The van der Waals surface area contributed by atoms with Crippen LogP contribution in [0, 0.1) is 0 Å². The fourth-order valence-electron chi connectivity index (χ4n) is 8.49. The maximum Gasteiger partial charge on any atom is 0.306 e. The molecule has 0 saturated heterocycles. The second kappa shape index (κ2) is 48.6. The van der Waals surface area contributed by atoms with Crippen LogP contribution in [0.4, 0.5) is 0 Å². The van der Waals surface area contributed by atoms with Crippen LogP contribution in [0.3, 0.4) is 0 Å². The molecule has 0 heterocycles. The van der Waals surface area contributed by atoms with Gasteiger partial charge in [0.1, 0.15) is 6.10 Å². The third-order valence-electron chi connectivity index (χ3n) is 12.6. The molecular formula is C54H105NO5. The lowest BCUT2D eigenvalue weighted by atomic mass is 10.0. The summed E-state index contributed by atoms with van der Waals surface area (Å²) in [6, 6.07) is -0.702. The number of allylic oxidation sites excluding steroid dienone is 2. The highest BCUT2D eigenvalue weighted by Crippen LogP contribution is 2.18. The number of rotatable bonds is 49. The van der Waals surface area contributed by atoms with Crippen LogP contribution in [0.5, 0.6) is 0 Å². The summed E-state index contributed by atoms with van der Waals surface area (Å²) in [7, 11) is 0. The van der Waals surface area contributed by atoms with Crippen molar-refractivity contribution in [2.24, 2.45) is 0 Å². The first kappa shape index (κ1) is 58.6. The van der Waals surface area contributed by atoms with Crippen LogP contribution in [0.1, 0.15) is 297 Å². The van der Waals surface area contributed by atoms with E-state index in [2.05, 4.69) is 38.2 Å². The number of ether oxygens (including phenoxy) is 1. The van der Waals surface area contributed by atoms with Gasteiger partial charge in [0, 0.05) is 6.42 Å². The Balaban J connectivity index is 4.46. The van der Waals surface area contributed by atoms with E-state index in [-0.39, 0.29) is 24.9 Å². The van der Waals surface area contributed by atoms with Crippen molar-refractivity contribution in [1.82, 2.24) is 5.32 Å². The maximum atomic E-state index is 13.2. The van der Waals surface area contributed by atoms with Gasteiger partial charge in [-0.2, -0.15) is 0 Å². The van der Waals surface area contributed by atoms with Gasteiger partial charge >= 0.3 is 5.97 Å². The van der Waals surface area contributed by atoms with Gasteiger partial charge in [-0.3, -0.25) is 9.59 Å². The molecule has 0 aliphatic carbocycles. The number of carbonyl (C=O) groups is 2. The number of aliphatic hydroxyl groups is 2. The number of nitrogens with one attached hydrogen (secondary N) is 1. The maximum absolute atomic E-state index is 13.2. The Kier molecular flexibility index (Phi) is 47.5. The second-order valence-corrected chi connectivity index (χ2v) is 18.6. The van der Waals surface area contributed by atoms with E-state index in [4.69, 9.17) is 4.74 Å². The van der Waals surface area contributed by atoms with Crippen molar-refractivity contribution in [3.05, 3.63) is 12.2 Å². The quantitative estimate of drug-likeness (QED) is 0.0322. The molecule has 0 saturated carbocycles. The van der Waals surface area contributed by atoms with Gasteiger partial charge in [0.2, 0.25) is 5.91 Å². The van der Waals surface area contributed by atoms with Gasteiger partial charge in [0.15, 0.2) is 0 Å². The molecule has 6 heteroatoms. The van der Waals surface area contributed by atoms with Gasteiger partial charge in [-0.25, -0.2) is 0 Å². The summed E-state index contributed by atoms with van der Waals surface area (Å²) in [6.07, 6.45) is 54.3. The van der Waals surface area contributed by atoms with Crippen LogP contribution in [0.15, 0.2) is 12.2 Å². The zero-order chi connectivity index (χ0) is 43.8. The number of aliphatic hydroxyl groups excluding tert-OH is 2. The summed E-state index contributed by atoms with van der Waals surface area (Å²) < 4.78 is 5.92. The molecule has 3 unspecified atom stereocenters. The normalized spacial score (nSPS) is 13.2. The second-order valence-electron chi connectivity index (χ2n) is 18.6. The predicted molar refractivity (Wildman–Crippen MR) is 260 cm³/mol. The van der Waals surface area contributed by atoms with Crippen molar-refractivity contribution < 1.29 is 24.5 Å². The van der Waals surface area contributed by atoms with Crippen LogP contribution < -0.4 is 5.32 Å². The highest BCUT2D eigenvalue weighted by molar-refractivity contribution is 5.77. The summed E-state index contributed by atoms with van der Waals surface area (Å²) >= 11 is 0. The van der Waals surface area contributed by atoms with Crippen molar-refractivity contribution in [2.75, 3.05) is 6.61 Å². The van der Waals surface area contributed by atoms with Gasteiger partial charge in [-0.1, -0.05) is 251 Å². The summed E-state index contributed by atoms with van der Waals surface area (Å²) in [5.41, 5.74) is 0. The topological polar surface area (TPSA) is 95.9 Å². The number of carbonyl (C=O) groups excluding carboxylic acids is 2. The summed E-state index contributed by atoms with van der Waals surface area (Å²) in [5, 5.41) is 23.7. The molecule has 0 aromatic carbocycles. The number of esters is 1. The average Bonchev–Trinajstić information content (AvgIpc) is 3.24. The fourth-order valence-corrected chi connectivity index (χ4v) is 8.49. The first-order valence-electron chi connectivity index (χ1n) is 26.9. The molecule has 0 aliphatic heterocycles. The van der Waals surface area contributed by atoms with E-state index in [1.165, 1.54) is 193 Å². The van der Waals surface area contributed by atoms with E-state index in [0.717, 1.165) is 57.8 Å². The van der Waals surface area contributed by atoms with Gasteiger partial charge in [0.25, 0.3) is 0 Å². The molecule has 60 heavy (non-hydrogen) atoms. The Bertz CT molecular complexity index is 909. The molecule has 3 atom stereocenters.